The maximum Gasteiger partial charge on any atom is 0.182 e. The number of benzene rings is 1. The minimum Gasteiger partial charge on any atom is -0.363 e. The molecule has 0 aliphatic rings. The molecule has 0 spiro atoms. The van der Waals surface area contributed by atoms with E-state index < -0.39 is 0 Å². The van der Waals surface area contributed by atoms with Crippen molar-refractivity contribution >= 4 is 45.8 Å². The highest BCUT2D eigenvalue weighted by Crippen LogP contribution is 2.18. The molecule has 24 heavy (non-hydrogen) atoms. The Hall–Kier alpha value is -2.80. The van der Waals surface area contributed by atoms with E-state index in [1.54, 1.807) is 6.20 Å². The Bertz CT molecular complexity index is 863. The summed E-state index contributed by atoms with van der Waals surface area (Å²) in [6.45, 7) is 4.78. The van der Waals surface area contributed by atoms with Crippen LogP contribution in [0.3, 0.4) is 0 Å². The zero-order valence-electron chi connectivity index (χ0n) is 13.5. The Morgan fingerprint density at radius 2 is 1.79 bits per heavy atom. The molecule has 122 valence electrons. The molecule has 3 rings (SSSR count). The molecule has 2 heterocycles. The zero-order valence-corrected chi connectivity index (χ0v) is 14.3. The fourth-order valence-electron chi connectivity index (χ4n) is 2.13. The summed E-state index contributed by atoms with van der Waals surface area (Å²) in [4.78, 5) is 13.3. The Kier molecular flexibility index (Phi) is 4.81. The van der Waals surface area contributed by atoms with Crippen molar-refractivity contribution < 1.29 is 0 Å². The van der Waals surface area contributed by atoms with E-state index in [0.717, 1.165) is 17.7 Å². The van der Waals surface area contributed by atoms with Gasteiger partial charge >= 0.3 is 0 Å². The summed E-state index contributed by atoms with van der Waals surface area (Å²) in [6.07, 6.45) is 1.64. The monoisotopic (exact) mass is 338 g/mol. The van der Waals surface area contributed by atoms with Gasteiger partial charge in [-0.3, -0.25) is 0 Å². The van der Waals surface area contributed by atoms with Gasteiger partial charge < -0.3 is 16.0 Å². The highest BCUT2D eigenvalue weighted by atomic mass is 32.1. The number of fused-ring (bicyclic) bond motifs is 1. The zero-order chi connectivity index (χ0) is 16.9. The summed E-state index contributed by atoms with van der Waals surface area (Å²) in [5, 5.41) is 9.79. The van der Waals surface area contributed by atoms with Gasteiger partial charge in [-0.2, -0.15) is 0 Å². The predicted octanol–water partition coefficient (Wildman–Crippen LogP) is 3.38. The van der Waals surface area contributed by atoms with E-state index in [4.69, 9.17) is 12.2 Å². The molecule has 0 aliphatic carbocycles. The van der Waals surface area contributed by atoms with Gasteiger partial charge in [-0.1, -0.05) is 17.7 Å². The van der Waals surface area contributed by atoms with Crippen LogP contribution < -0.4 is 16.0 Å². The van der Waals surface area contributed by atoms with Crippen molar-refractivity contribution in [2.45, 2.75) is 13.8 Å². The molecular formula is C17H18N6S. The fourth-order valence-corrected chi connectivity index (χ4v) is 2.38. The van der Waals surface area contributed by atoms with Crippen molar-refractivity contribution in [3.8, 4) is 0 Å². The van der Waals surface area contributed by atoms with Crippen LogP contribution in [0, 0.1) is 6.92 Å². The number of nitrogens with zero attached hydrogens (tertiary/aromatic N) is 3. The molecule has 2 aromatic heterocycles. The minimum atomic E-state index is 0.514. The van der Waals surface area contributed by atoms with Gasteiger partial charge in [0.2, 0.25) is 0 Å². The molecule has 7 heteroatoms. The molecule has 0 radical (unpaired) electrons. The SMILES string of the molecule is CCNC(=S)Nc1cnc2ccc(Nc3ccc(C)cc3)nc2n1. The molecule has 3 aromatic rings. The van der Waals surface area contributed by atoms with E-state index in [0.29, 0.717) is 22.4 Å². The fraction of sp³-hybridized carbons (Fsp3) is 0.176. The van der Waals surface area contributed by atoms with Crippen molar-refractivity contribution in [1.29, 1.82) is 0 Å². The Morgan fingerprint density at radius 1 is 1.04 bits per heavy atom. The second-order valence-electron chi connectivity index (χ2n) is 5.27. The van der Waals surface area contributed by atoms with Crippen LogP contribution >= 0.6 is 12.2 Å². The summed E-state index contributed by atoms with van der Waals surface area (Å²) in [5.74, 6) is 1.28. The summed E-state index contributed by atoms with van der Waals surface area (Å²) < 4.78 is 0. The molecule has 0 bridgehead atoms. The van der Waals surface area contributed by atoms with E-state index in [1.165, 1.54) is 5.56 Å². The van der Waals surface area contributed by atoms with Crippen LogP contribution in [-0.4, -0.2) is 26.6 Å². The second-order valence-corrected chi connectivity index (χ2v) is 5.68. The number of hydrogen-bond donors (Lipinski definition) is 3. The summed E-state index contributed by atoms with van der Waals surface area (Å²) in [6, 6.07) is 11.9. The smallest absolute Gasteiger partial charge is 0.182 e. The lowest BCUT2D eigenvalue weighted by molar-refractivity contribution is 0.978. The van der Waals surface area contributed by atoms with Crippen molar-refractivity contribution in [3.05, 3.63) is 48.2 Å². The van der Waals surface area contributed by atoms with Crippen LogP contribution in [0.15, 0.2) is 42.6 Å². The normalized spacial score (nSPS) is 10.4. The van der Waals surface area contributed by atoms with Gasteiger partial charge in [0, 0.05) is 12.2 Å². The lowest BCUT2D eigenvalue weighted by atomic mass is 10.2. The highest BCUT2D eigenvalue weighted by molar-refractivity contribution is 7.80. The summed E-state index contributed by atoms with van der Waals surface area (Å²) in [5.41, 5.74) is 3.47. The van der Waals surface area contributed by atoms with Gasteiger partial charge in [0.15, 0.2) is 16.6 Å². The number of aromatic nitrogens is 3. The van der Waals surface area contributed by atoms with E-state index in [9.17, 15) is 0 Å². The van der Waals surface area contributed by atoms with Crippen molar-refractivity contribution in [2.24, 2.45) is 0 Å². The number of thiocarbonyl (C=S) groups is 1. The van der Waals surface area contributed by atoms with Crippen LogP contribution in [-0.2, 0) is 0 Å². The second kappa shape index (κ2) is 7.18. The van der Waals surface area contributed by atoms with E-state index in [1.807, 2.05) is 43.3 Å². The van der Waals surface area contributed by atoms with Crippen molar-refractivity contribution in [3.63, 3.8) is 0 Å². The molecule has 0 amide bonds. The summed E-state index contributed by atoms with van der Waals surface area (Å²) >= 11 is 5.16. The van der Waals surface area contributed by atoms with Crippen molar-refractivity contribution in [2.75, 3.05) is 17.2 Å². The highest BCUT2D eigenvalue weighted by Gasteiger charge is 2.05. The number of pyridine rings is 1. The number of aryl methyl sites for hydroxylation is 1. The molecule has 0 atom stereocenters. The van der Waals surface area contributed by atoms with Crippen LogP contribution in [0.25, 0.3) is 11.2 Å². The first kappa shape index (κ1) is 16.1. The largest absolute Gasteiger partial charge is 0.363 e. The first-order chi connectivity index (χ1) is 11.6. The molecule has 0 fully saturated rings. The maximum atomic E-state index is 5.16. The molecule has 0 saturated carbocycles. The van der Waals surface area contributed by atoms with Crippen LogP contribution in [0.1, 0.15) is 12.5 Å². The van der Waals surface area contributed by atoms with Crippen LogP contribution in [0.2, 0.25) is 0 Å². The third-order valence-electron chi connectivity index (χ3n) is 3.31. The molecule has 1 aromatic carbocycles. The molecular weight excluding hydrogens is 320 g/mol. The molecule has 6 nitrogen and oxygen atoms in total. The van der Waals surface area contributed by atoms with E-state index in [2.05, 4.69) is 37.8 Å². The standard InChI is InChI=1S/C17H18N6S/c1-3-18-17(24)23-15-10-19-13-8-9-14(21-16(13)22-15)20-12-6-4-11(2)5-7-12/h4-10H,3H2,1-2H3,(H3,18,20,21,22,23,24). The quantitative estimate of drug-likeness (QED) is 0.630. The van der Waals surface area contributed by atoms with Gasteiger partial charge in [-0.15, -0.1) is 0 Å². The molecule has 0 aliphatic heterocycles. The molecule has 3 N–H and O–H groups in total. The topological polar surface area (TPSA) is 74.8 Å². The lowest BCUT2D eigenvalue weighted by Gasteiger charge is -2.09. The van der Waals surface area contributed by atoms with Crippen LogP contribution in [0.5, 0.6) is 0 Å². The van der Waals surface area contributed by atoms with Crippen molar-refractivity contribution in [1.82, 2.24) is 20.3 Å². The molecule has 0 saturated heterocycles. The number of nitrogens with one attached hydrogen (secondary N) is 3. The third-order valence-corrected chi connectivity index (χ3v) is 3.56. The number of rotatable bonds is 4. The lowest BCUT2D eigenvalue weighted by Crippen LogP contribution is -2.28. The van der Waals surface area contributed by atoms with Gasteiger partial charge in [0.05, 0.1) is 6.20 Å². The van der Waals surface area contributed by atoms with E-state index in [-0.39, 0.29) is 0 Å². The summed E-state index contributed by atoms with van der Waals surface area (Å²) in [7, 11) is 0. The van der Waals surface area contributed by atoms with Gasteiger partial charge in [0.25, 0.3) is 0 Å². The number of hydrogen-bond acceptors (Lipinski definition) is 5. The third kappa shape index (κ3) is 3.94. The Morgan fingerprint density at radius 3 is 2.54 bits per heavy atom. The number of anilines is 3. The maximum absolute atomic E-state index is 5.16. The van der Waals surface area contributed by atoms with E-state index >= 15 is 0 Å². The average Bonchev–Trinajstić information content (AvgIpc) is 2.57. The molecule has 0 unspecified atom stereocenters. The first-order valence-electron chi connectivity index (χ1n) is 7.66. The van der Waals surface area contributed by atoms with Gasteiger partial charge in [-0.05, 0) is 50.3 Å². The Labute approximate surface area is 145 Å². The van der Waals surface area contributed by atoms with Crippen LogP contribution in [0.4, 0.5) is 17.3 Å². The Balaban J connectivity index is 1.83. The average molecular weight is 338 g/mol. The van der Waals surface area contributed by atoms with Gasteiger partial charge in [0.1, 0.15) is 11.3 Å². The predicted molar refractivity (Wildman–Crippen MR) is 102 cm³/mol. The first-order valence-corrected chi connectivity index (χ1v) is 8.07. The minimum absolute atomic E-state index is 0.514. The van der Waals surface area contributed by atoms with Gasteiger partial charge in [-0.25, -0.2) is 15.0 Å².